The maximum Gasteiger partial charge on any atom is 0.269 e. The number of carbonyl (C=O) groups excluding carboxylic acids is 1. The van der Waals surface area contributed by atoms with E-state index in [0.717, 1.165) is 11.1 Å². The largest absolute Gasteiger partial charge is 0.322 e. The zero-order chi connectivity index (χ0) is 18.0. The molecule has 3 rings (SSSR count). The number of nitrogens with zero attached hydrogens (tertiary/aromatic N) is 3. The van der Waals surface area contributed by atoms with Crippen LogP contribution >= 0.6 is 11.8 Å². The summed E-state index contributed by atoms with van der Waals surface area (Å²) < 4.78 is 0. The van der Waals surface area contributed by atoms with Gasteiger partial charge in [-0.15, -0.1) is 11.8 Å². The molecule has 1 aliphatic rings. The van der Waals surface area contributed by atoms with Crippen molar-refractivity contribution in [3.63, 3.8) is 0 Å². The van der Waals surface area contributed by atoms with Gasteiger partial charge in [-0.05, 0) is 23.3 Å². The lowest BCUT2D eigenvalue weighted by Gasteiger charge is -2.24. The minimum absolute atomic E-state index is 0.00000707. The summed E-state index contributed by atoms with van der Waals surface area (Å²) in [5.41, 5.74) is 1.59. The van der Waals surface area contributed by atoms with Crippen molar-refractivity contribution in [3.8, 4) is 0 Å². The molecule has 0 bridgehead atoms. The van der Waals surface area contributed by atoms with Gasteiger partial charge >= 0.3 is 0 Å². The number of carbonyl (C=O) groups is 1. The van der Waals surface area contributed by atoms with Crippen LogP contribution in [0.2, 0.25) is 0 Å². The van der Waals surface area contributed by atoms with Crippen molar-refractivity contribution in [1.82, 2.24) is 4.90 Å². The van der Waals surface area contributed by atoms with E-state index in [0.29, 0.717) is 12.3 Å². The van der Waals surface area contributed by atoms with E-state index < -0.39 is 9.85 Å². The Morgan fingerprint density at radius 2 is 1.48 bits per heavy atom. The topological polar surface area (TPSA) is 107 Å². The molecule has 0 N–H and O–H groups in total. The van der Waals surface area contributed by atoms with E-state index in [1.165, 1.54) is 36.0 Å². The summed E-state index contributed by atoms with van der Waals surface area (Å²) in [5.74, 6) is 0.293. The predicted molar refractivity (Wildman–Crippen MR) is 91.9 cm³/mol. The van der Waals surface area contributed by atoms with Crippen molar-refractivity contribution >= 4 is 29.0 Å². The Labute approximate surface area is 146 Å². The monoisotopic (exact) mass is 359 g/mol. The van der Waals surface area contributed by atoms with E-state index in [4.69, 9.17) is 0 Å². The van der Waals surface area contributed by atoms with Gasteiger partial charge in [-0.1, -0.05) is 12.1 Å². The minimum Gasteiger partial charge on any atom is -0.322 e. The van der Waals surface area contributed by atoms with Gasteiger partial charge in [-0.2, -0.15) is 0 Å². The molecule has 1 heterocycles. The first-order chi connectivity index (χ1) is 12.0. The maximum absolute atomic E-state index is 12.2. The normalized spacial score (nSPS) is 16.9. The molecule has 1 amide bonds. The molecule has 25 heavy (non-hydrogen) atoms. The Bertz CT molecular complexity index is 823. The third-order valence-electron chi connectivity index (χ3n) is 3.86. The summed E-state index contributed by atoms with van der Waals surface area (Å²) in [7, 11) is 0. The van der Waals surface area contributed by atoms with Crippen LogP contribution in [-0.4, -0.2) is 26.4 Å². The van der Waals surface area contributed by atoms with E-state index in [1.807, 2.05) is 0 Å². The molecule has 0 saturated carbocycles. The molecule has 0 aliphatic carbocycles. The molecule has 1 atom stereocenters. The molecule has 2 aromatic carbocycles. The van der Waals surface area contributed by atoms with Crippen LogP contribution in [0.3, 0.4) is 0 Å². The Kier molecular flexibility index (Phi) is 4.66. The van der Waals surface area contributed by atoms with Gasteiger partial charge in [0, 0.05) is 30.8 Å². The summed E-state index contributed by atoms with van der Waals surface area (Å²) in [6, 6.07) is 12.2. The van der Waals surface area contributed by atoms with Crippen LogP contribution < -0.4 is 0 Å². The molecule has 1 saturated heterocycles. The van der Waals surface area contributed by atoms with Crippen molar-refractivity contribution in [2.24, 2.45) is 0 Å². The zero-order valence-electron chi connectivity index (χ0n) is 12.9. The van der Waals surface area contributed by atoms with E-state index in [-0.39, 0.29) is 22.7 Å². The summed E-state index contributed by atoms with van der Waals surface area (Å²) >= 11 is 1.45. The molecule has 0 unspecified atom stereocenters. The maximum atomic E-state index is 12.2. The van der Waals surface area contributed by atoms with Crippen molar-refractivity contribution < 1.29 is 14.6 Å². The molecule has 0 aromatic heterocycles. The fraction of sp³-hybridized carbons (Fsp3) is 0.188. The standard InChI is InChI=1S/C16H13N3O5S/c20-15-10-25-16(12-3-7-14(8-4-12)19(23)24)17(15)9-11-1-5-13(6-2-11)18(21)22/h1-8,16H,9-10H2/t16-/m0/s1. The van der Waals surface area contributed by atoms with Crippen LogP contribution in [0.25, 0.3) is 0 Å². The Balaban J connectivity index is 1.79. The van der Waals surface area contributed by atoms with Crippen molar-refractivity contribution in [1.29, 1.82) is 0 Å². The molecule has 0 radical (unpaired) electrons. The molecular weight excluding hydrogens is 346 g/mol. The minimum atomic E-state index is -0.472. The van der Waals surface area contributed by atoms with Gasteiger partial charge in [0.15, 0.2) is 0 Å². The second-order valence-corrected chi connectivity index (χ2v) is 6.53. The third kappa shape index (κ3) is 3.61. The van der Waals surface area contributed by atoms with Crippen LogP contribution in [0.5, 0.6) is 0 Å². The smallest absolute Gasteiger partial charge is 0.269 e. The molecule has 8 nitrogen and oxygen atoms in total. The average molecular weight is 359 g/mol. The Morgan fingerprint density at radius 3 is 2.00 bits per heavy atom. The van der Waals surface area contributed by atoms with Crippen LogP contribution in [0.1, 0.15) is 16.5 Å². The lowest BCUT2D eigenvalue weighted by atomic mass is 10.1. The van der Waals surface area contributed by atoms with Crippen LogP contribution in [-0.2, 0) is 11.3 Å². The number of nitro groups is 2. The number of thioether (sulfide) groups is 1. The zero-order valence-corrected chi connectivity index (χ0v) is 13.7. The number of benzene rings is 2. The van der Waals surface area contributed by atoms with Crippen molar-refractivity contribution in [3.05, 3.63) is 79.9 Å². The van der Waals surface area contributed by atoms with E-state index in [9.17, 15) is 25.0 Å². The summed E-state index contributed by atoms with van der Waals surface area (Å²) in [6.07, 6.45) is 0. The Morgan fingerprint density at radius 1 is 0.960 bits per heavy atom. The van der Waals surface area contributed by atoms with Gasteiger partial charge < -0.3 is 4.90 Å². The molecule has 2 aromatic rings. The van der Waals surface area contributed by atoms with E-state index in [1.54, 1.807) is 29.2 Å². The van der Waals surface area contributed by atoms with Crippen molar-refractivity contribution in [2.75, 3.05) is 5.75 Å². The highest BCUT2D eigenvalue weighted by atomic mass is 32.2. The summed E-state index contributed by atoms with van der Waals surface area (Å²) in [5, 5.41) is 21.2. The predicted octanol–water partition coefficient (Wildman–Crippen LogP) is 3.28. The first kappa shape index (κ1) is 16.9. The second-order valence-electron chi connectivity index (χ2n) is 5.46. The van der Waals surface area contributed by atoms with Crippen LogP contribution in [0, 0.1) is 20.2 Å². The number of hydrogen-bond acceptors (Lipinski definition) is 6. The highest BCUT2D eigenvalue weighted by molar-refractivity contribution is 8.00. The molecule has 1 aliphatic heterocycles. The summed E-state index contributed by atoms with van der Waals surface area (Å²) in [6.45, 7) is 0.325. The fourth-order valence-electron chi connectivity index (χ4n) is 2.58. The van der Waals surface area contributed by atoms with E-state index in [2.05, 4.69) is 0 Å². The lowest BCUT2D eigenvalue weighted by molar-refractivity contribution is -0.385. The number of rotatable bonds is 5. The van der Waals surface area contributed by atoms with Gasteiger partial charge in [0.25, 0.3) is 11.4 Å². The van der Waals surface area contributed by atoms with Gasteiger partial charge in [0.05, 0.1) is 15.6 Å². The SMILES string of the molecule is O=C1CS[C@@H](c2ccc([N+](=O)[O-])cc2)N1Cc1ccc([N+](=O)[O-])cc1. The quantitative estimate of drug-likeness (QED) is 0.599. The average Bonchev–Trinajstić information content (AvgIpc) is 2.96. The highest BCUT2D eigenvalue weighted by Gasteiger charge is 2.33. The van der Waals surface area contributed by atoms with Crippen LogP contribution in [0.15, 0.2) is 48.5 Å². The molecule has 9 heteroatoms. The third-order valence-corrected chi connectivity index (χ3v) is 5.11. The van der Waals surface area contributed by atoms with Gasteiger partial charge in [-0.25, -0.2) is 0 Å². The number of non-ortho nitro benzene ring substituents is 2. The first-order valence-electron chi connectivity index (χ1n) is 7.34. The lowest BCUT2D eigenvalue weighted by Crippen LogP contribution is -2.27. The number of hydrogen-bond donors (Lipinski definition) is 0. The Hall–Kier alpha value is -2.94. The fourth-order valence-corrected chi connectivity index (χ4v) is 3.77. The number of nitro benzene ring substituents is 2. The highest BCUT2D eigenvalue weighted by Crippen LogP contribution is 2.40. The summed E-state index contributed by atoms with van der Waals surface area (Å²) in [4.78, 5) is 34.4. The van der Waals surface area contributed by atoms with Crippen LogP contribution in [0.4, 0.5) is 11.4 Å². The van der Waals surface area contributed by atoms with Gasteiger partial charge in [0.2, 0.25) is 5.91 Å². The molecule has 0 spiro atoms. The number of amides is 1. The van der Waals surface area contributed by atoms with Gasteiger partial charge in [0.1, 0.15) is 5.37 Å². The first-order valence-corrected chi connectivity index (χ1v) is 8.39. The van der Waals surface area contributed by atoms with Gasteiger partial charge in [-0.3, -0.25) is 25.0 Å². The van der Waals surface area contributed by atoms with Crippen molar-refractivity contribution in [2.45, 2.75) is 11.9 Å². The molecule has 128 valence electrons. The van der Waals surface area contributed by atoms with E-state index >= 15 is 0 Å². The molecule has 1 fully saturated rings. The molecular formula is C16H13N3O5S. The second kappa shape index (κ2) is 6.89.